The second-order valence-electron chi connectivity index (χ2n) is 5.12. The van der Waals surface area contributed by atoms with Crippen LogP contribution in [0.2, 0.25) is 0 Å². The molecule has 1 aliphatic heterocycles. The van der Waals surface area contributed by atoms with Gasteiger partial charge in [0, 0.05) is 49.5 Å². The lowest BCUT2D eigenvalue weighted by atomic mass is 10.2. The number of amides is 2. The summed E-state index contributed by atoms with van der Waals surface area (Å²) in [5.74, 6) is -0.314. The second-order valence-corrected chi connectivity index (χ2v) is 6.03. The van der Waals surface area contributed by atoms with Crippen molar-refractivity contribution in [2.24, 2.45) is 0 Å². The van der Waals surface area contributed by atoms with E-state index >= 15 is 0 Å². The van der Waals surface area contributed by atoms with E-state index in [-0.39, 0.29) is 17.4 Å². The van der Waals surface area contributed by atoms with Gasteiger partial charge in [0.2, 0.25) is 5.91 Å². The SMILES string of the molecule is CC(=O)N1CCN(C(=O)/C(C#N)=C\Nc2ccc(Br)cc2)CC1. The van der Waals surface area contributed by atoms with Gasteiger partial charge in [-0.2, -0.15) is 5.26 Å². The molecule has 23 heavy (non-hydrogen) atoms. The molecule has 120 valence electrons. The van der Waals surface area contributed by atoms with Gasteiger partial charge in [0.05, 0.1) is 0 Å². The van der Waals surface area contributed by atoms with Crippen LogP contribution in [0.4, 0.5) is 5.69 Å². The number of benzene rings is 1. The molecule has 1 saturated heterocycles. The zero-order valence-corrected chi connectivity index (χ0v) is 14.3. The van der Waals surface area contributed by atoms with Gasteiger partial charge in [-0.15, -0.1) is 0 Å². The Morgan fingerprint density at radius 1 is 1.17 bits per heavy atom. The number of hydrogen-bond donors (Lipinski definition) is 1. The number of hydrogen-bond acceptors (Lipinski definition) is 4. The van der Waals surface area contributed by atoms with Crippen LogP contribution in [0.25, 0.3) is 0 Å². The summed E-state index contributed by atoms with van der Waals surface area (Å²) in [5.41, 5.74) is 0.833. The number of halogens is 1. The predicted molar refractivity (Wildman–Crippen MR) is 90.3 cm³/mol. The van der Waals surface area contributed by atoms with E-state index in [1.807, 2.05) is 30.3 Å². The Hall–Kier alpha value is -2.33. The van der Waals surface area contributed by atoms with E-state index in [1.165, 1.54) is 13.1 Å². The third kappa shape index (κ3) is 4.57. The summed E-state index contributed by atoms with van der Waals surface area (Å²) in [6.07, 6.45) is 1.42. The van der Waals surface area contributed by atoms with Crippen molar-refractivity contribution in [3.8, 4) is 6.07 Å². The fourth-order valence-corrected chi connectivity index (χ4v) is 2.50. The molecule has 7 heteroatoms. The summed E-state index contributed by atoms with van der Waals surface area (Å²) in [6, 6.07) is 9.34. The van der Waals surface area contributed by atoms with E-state index in [0.29, 0.717) is 26.2 Å². The highest BCUT2D eigenvalue weighted by Crippen LogP contribution is 2.15. The fraction of sp³-hybridized carbons (Fsp3) is 0.312. The largest absolute Gasteiger partial charge is 0.360 e. The number of rotatable bonds is 3. The van der Waals surface area contributed by atoms with Gasteiger partial charge in [0.15, 0.2) is 0 Å². The normalized spacial score (nSPS) is 15.1. The predicted octanol–water partition coefficient (Wildman–Crippen LogP) is 1.96. The molecular formula is C16H17BrN4O2. The van der Waals surface area contributed by atoms with Crippen molar-refractivity contribution in [2.75, 3.05) is 31.5 Å². The molecule has 0 atom stereocenters. The van der Waals surface area contributed by atoms with Crippen LogP contribution in [0.3, 0.4) is 0 Å². The van der Waals surface area contributed by atoms with Crippen LogP contribution < -0.4 is 5.32 Å². The molecule has 1 N–H and O–H groups in total. The van der Waals surface area contributed by atoms with Crippen LogP contribution in [0.1, 0.15) is 6.92 Å². The van der Waals surface area contributed by atoms with Crippen LogP contribution in [-0.2, 0) is 9.59 Å². The molecule has 1 aromatic rings. The molecule has 1 aliphatic rings. The van der Waals surface area contributed by atoms with Crippen molar-refractivity contribution in [2.45, 2.75) is 6.92 Å². The van der Waals surface area contributed by atoms with Gasteiger partial charge < -0.3 is 15.1 Å². The number of carbonyl (C=O) groups is 2. The number of anilines is 1. The van der Waals surface area contributed by atoms with Crippen molar-refractivity contribution >= 4 is 33.4 Å². The van der Waals surface area contributed by atoms with Crippen molar-refractivity contribution in [3.63, 3.8) is 0 Å². The van der Waals surface area contributed by atoms with Gasteiger partial charge in [-0.1, -0.05) is 15.9 Å². The van der Waals surface area contributed by atoms with Gasteiger partial charge in [0.1, 0.15) is 11.6 Å². The van der Waals surface area contributed by atoms with Crippen LogP contribution >= 0.6 is 15.9 Å². The highest BCUT2D eigenvalue weighted by atomic mass is 79.9. The highest BCUT2D eigenvalue weighted by Gasteiger charge is 2.24. The molecule has 1 fully saturated rings. The monoisotopic (exact) mass is 376 g/mol. The third-order valence-corrected chi connectivity index (χ3v) is 4.12. The average Bonchev–Trinajstić information content (AvgIpc) is 2.57. The zero-order chi connectivity index (χ0) is 16.8. The molecule has 1 heterocycles. The van der Waals surface area contributed by atoms with Crippen LogP contribution in [0.5, 0.6) is 0 Å². The first-order chi connectivity index (χ1) is 11.0. The topological polar surface area (TPSA) is 76.4 Å². The zero-order valence-electron chi connectivity index (χ0n) is 12.8. The third-order valence-electron chi connectivity index (χ3n) is 3.59. The minimum absolute atomic E-state index is 0.00468. The Morgan fingerprint density at radius 2 is 1.74 bits per heavy atom. The molecule has 0 aliphatic carbocycles. The summed E-state index contributed by atoms with van der Waals surface area (Å²) in [4.78, 5) is 26.9. The fourth-order valence-electron chi connectivity index (χ4n) is 2.24. The van der Waals surface area contributed by atoms with Crippen molar-refractivity contribution in [1.29, 1.82) is 5.26 Å². The molecule has 0 unspecified atom stereocenters. The van der Waals surface area contributed by atoms with Crippen molar-refractivity contribution < 1.29 is 9.59 Å². The number of carbonyl (C=O) groups excluding carboxylic acids is 2. The molecule has 0 aromatic heterocycles. The summed E-state index contributed by atoms with van der Waals surface area (Å²) in [6.45, 7) is 3.39. The smallest absolute Gasteiger partial charge is 0.266 e. The highest BCUT2D eigenvalue weighted by molar-refractivity contribution is 9.10. The Balaban J connectivity index is 1.99. The maximum atomic E-state index is 12.4. The number of nitriles is 1. The molecule has 0 bridgehead atoms. The second kappa shape index (κ2) is 7.79. The number of nitrogens with one attached hydrogen (secondary N) is 1. The molecule has 0 spiro atoms. The first-order valence-electron chi connectivity index (χ1n) is 7.18. The van der Waals surface area contributed by atoms with Gasteiger partial charge in [-0.3, -0.25) is 9.59 Å². The van der Waals surface area contributed by atoms with Gasteiger partial charge in [-0.25, -0.2) is 0 Å². The first-order valence-corrected chi connectivity index (χ1v) is 7.97. The lowest BCUT2D eigenvalue weighted by Gasteiger charge is -2.34. The van der Waals surface area contributed by atoms with E-state index in [2.05, 4.69) is 21.2 Å². The van der Waals surface area contributed by atoms with E-state index in [4.69, 9.17) is 0 Å². The Labute approximate surface area is 143 Å². The summed E-state index contributed by atoms with van der Waals surface area (Å²) in [7, 11) is 0. The molecule has 2 rings (SSSR count). The lowest BCUT2D eigenvalue weighted by molar-refractivity contribution is -0.136. The van der Waals surface area contributed by atoms with E-state index in [0.717, 1.165) is 10.2 Å². The van der Waals surface area contributed by atoms with Gasteiger partial charge >= 0.3 is 0 Å². The Bertz CT molecular complexity index is 656. The van der Waals surface area contributed by atoms with Crippen molar-refractivity contribution in [3.05, 3.63) is 40.5 Å². The minimum Gasteiger partial charge on any atom is -0.360 e. The average molecular weight is 377 g/mol. The molecule has 6 nitrogen and oxygen atoms in total. The van der Waals surface area contributed by atoms with Gasteiger partial charge in [-0.05, 0) is 24.3 Å². The summed E-state index contributed by atoms with van der Waals surface area (Å²) < 4.78 is 0.951. The summed E-state index contributed by atoms with van der Waals surface area (Å²) in [5, 5.41) is 12.2. The lowest BCUT2D eigenvalue weighted by Crippen LogP contribution is -2.50. The van der Waals surface area contributed by atoms with Crippen LogP contribution in [0, 0.1) is 11.3 Å². The van der Waals surface area contributed by atoms with Crippen LogP contribution in [-0.4, -0.2) is 47.8 Å². The van der Waals surface area contributed by atoms with E-state index in [9.17, 15) is 14.9 Å². The quantitative estimate of drug-likeness (QED) is 0.646. The van der Waals surface area contributed by atoms with Crippen molar-refractivity contribution in [1.82, 2.24) is 9.80 Å². The Kier molecular flexibility index (Phi) is 5.77. The van der Waals surface area contributed by atoms with Gasteiger partial charge in [0.25, 0.3) is 5.91 Å². The maximum Gasteiger partial charge on any atom is 0.266 e. The molecule has 2 amide bonds. The first kappa shape index (κ1) is 17.0. The summed E-state index contributed by atoms with van der Waals surface area (Å²) >= 11 is 3.35. The maximum absolute atomic E-state index is 12.4. The Morgan fingerprint density at radius 3 is 2.26 bits per heavy atom. The van der Waals surface area contributed by atoms with E-state index in [1.54, 1.807) is 9.80 Å². The number of piperazine rings is 1. The molecular weight excluding hydrogens is 360 g/mol. The minimum atomic E-state index is -0.319. The molecule has 0 radical (unpaired) electrons. The molecule has 1 aromatic carbocycles. The number of nitrogens with zero attached hydrogens (tertiary/aromatic N) is 3. The van der Waals surface area contributed by atoms with E-state index < -0.39 is 0 Å². The molecule has 0 saturated carbocycles. The van der Waals surface area contributed by atoms with Crippen LogP contribution in [0.15, 0.2) is 40.5 Å². The standard InChI is InChI=1S/C16H17BrN4O2/c1-12(22)20-6-8-21(9-7-20)16(23)13(10-18)11-19-15-4-2-14(17)3-5-15/h2-5,11,19H,6-9H2,1H3/b13-11-.